The number of aliphatic hydroxyl groups excluding tert-OH is 1. The van der Waals surface area contributed by atoms with Crippen molar-refractivity contribution in [3.8, 4) is 0 Å². The largest absolute Gasteiger partial charge is 0.395 e. The van der Waals surface area contributed by atoms with E-state index in [9.17, 15) is 0 Å². The standard InChI is InChI=1S/C9H19NO2/c1-2-10-8(6-11)7-12-9-4-3-5-9/h8-11H,2-7H2,1H3. The second-order valence-electron chi connectivity index (χ2n) is 3.32. The van der Waals surface area contributed by atoms with Gasteiger partial charge in [-0.1, -0.05) is 6.92 Å². The monoisotopic (exact) mass is 173 g/mol. The molecule has 1 atom stereocenters. The third-order valence-corrected chi connectivity index (χ3v) is 2.30. The second-order valence-corrected chi connectivity index (χ2v) is 3.32. The average molecular weight is 173 g/mol. The number of nitrogens with one attached hydrogen (secondary N) is 1. The Labute approximate surface area is 74.1 Å². The van der Waals surface area contributed by atoms with E-state index in [1.165, 1.54) is 19.3 Å². The first-order valence-electron chi connectivity index (χ1n) is 4.82. The first-order chi connectivity index (χ1) is 5.86. The highest BCUT2D eigenvalue weighted by atomic mass is 16.5. The van der Waals surface area contributed by atoms with Gasteiger partial charge in [-0.05, 0) is 25.8 Å². The number of likely N-dealkylation sites (N-methyl/N-ethyl adjacent to an activating group) is 1. The highest BCUT2D eigenvalue weighted by Gasteiger charge is 2.19. The number of hydrogen-bond acceptors (Lipinski definition) is 3. The molecule has 3 heteroatoms. The summed E-state index contributed by atoms with van der Waals surface area (Å²) in [5.41, 5.74) is 0. The molecule has 2 N–H and O–H groups in total. The molecule has 1 aliphatic carbocycles. The van der Waals surface area contributed by atoms with E-state index >= 15 is 0 Å². The van der Waals surface area contributed by atoms with E-state index in [1.807, 2.05) is 6.92 Å². The van der Waals surface area contributed by atoms with E-state index in [4.69, 9.17) is 9.84 Å². The molecule has 1 rings (SSSR count). The highest BCUT2D eigenvalue weighted by molar-refractivity contribution is 4.71. The van der Waals surface area contributed by atoms with E-state index in [2.05, 4.69) is 5.32 Å². The van der Waals surface area contributed by atoms with Crippen LogP contribution in [0.25, 0.3) is 0 Å². The molecule has 0 bridgehead atoms. The van der Waals surface area contributed by atoms with E-state index in [1.54, 1.807) is 0 Å². The smallest absolute Gasteiger partial charge is 0.0645 e. The maximum atomic E-state index is 8.92. The first-order valence-corrected chi connectivity index (χ1v) is 4.82. The maximum absolute atomic E-state index is 8.92. The Morgan fingerprint density at radius 1 is 1.58 bits per heavy atom. The van der Waals surface area contributed by atoms with Crippen LogP contribution in [0.2, 0.25) is 0 Å². The zero-order valence-electron chi connectivity index (χ0n) is 7.75. The topological polar surface area (TPSA) is 41.5 Å². The molecular weight excluding hydrogens is 154 g/mol. The minimum Gasteiger partial charge on any atom is -0.395 e. The van der Waals surface area contributed by atoms with Gasteiger partial charge in [-0.15, -0.1) is 0 Å². The lowest BCUT2D eigenvalue weighted by Gasteiger charge is -2.27. The van der Waals surface area contributed by atoms with Crippen LogP contribution in [0.1, 0.15) is 26.2 Å². The van der Waals surface area contributed by atoms with Crippen molar-refractivity contribution < 1.29 is 9.84 Å². The van der Waals surface area contributed by atoms with Gasteiger partial charge < -0.3 is 15.2 Å². The Hall–Kier alpha value is -0.120. The summed E-state index contributed by atoms with van der Waals surface area (Å²) < 4.78 is 5.56. The van der Waals surface area contributed by atoms with Crippen LogP contribution in [-0.4, -0.2) is 37.0 Å². The number of aliphatic hydroxyl groups is 1. The number of hydrogen-bond donors (Lipinski definition) is 2. The fraction of sp³-hybridized carbons (Fsp3) is 1.00. The molecule has 0 aromatic carbocycles. The van der Waals surface area contributed by atoms with Crippen LogP contribution in [0.15, 0.2) is 0 Å². The van der Waals surface area contributed by atoms with Gasteiger partial charge in [0.15, 0.2) is 0 Å². The predicted octanol–water partition coefficient (Wildman–Crippen LogP) is 0.526. The zero-order valence-corrected chi connectivity index (χ0v) is 7.75. The van der Waals surface area contributed by atoms with Crippen molar-refractivity contribution in [3.05, 3.63) is 0 Å². The Morgan fingerprint density at radius 3 is 2.75 bits per heavy atom. The van der Waals surface area contributed by atoms with Gasteiger partial charge in [0, 0.05) is 0 Å². The fourth-order valence-corrected chi connectivity index (χ4v) is 1.25. The molecule has 1 fully saturated rings. The quantitative estimate of drug-likeness (QED) is 0.615. The Morgan fingerprint density at radius 2 is 2.33 bits per heavy atom. The Kier molecular flexibility index (Phi) is 4.58. The van der Waals surface area contributed by atoms with Gasteiger partial charge in [0.05, 0.1) is 25.4 Å². The maximum Gasteiger partial charge on any atom is 0.0645 e. The van der Waals surface area contributed by atoms with Crippen LogP contribution >= 0.6 is 0 Å². The van der Waals surface area contributed by atoms with Crippen LogP contribution in [0.4, 0.5) is 0 Å². The summed E-state index contributed by atoms with van der Waals surface area (Å²) in [6.07, 6.45) is 4.17. The van der Waals surface area contributed by atoms with Crippen LogP contribution in [-0.2, 0) is 4.74 Å². The summed E-state index contributed by atoms with van der Waals surface area (Å²) in [4.78, 5) is 0. The van der Waals surface area contributed by atoms with Gasteiger partial charge in [-0.3, -0.25) is 0 Å². The van der Waals surface area contributed by atoms with Crippen molar-refractivity contribution in [1.82, 2.24) is 5.32 Å². The summed E-state index contributed by atoms with van der Waals surface area (Å²) in [6.45, 7) is 3.74. The van der Waals surface area contributed by atoms with Gasteiger partial charge in [-0.25, -0.2) is 0 Å². The first kappa shape index (κ1) is 9.96. The fourth-order valence-electron chi connectivity index (χ4n) is 1.25. The van der Waals surface area contributed by atoms with Gasteiger partial charge in [0.25, 0.3) is 0 Å². The summed E-state index contributed by atoms with van der Waals surface area (Å²) in [6, 6.07) is 0.121. The molecule has 72 valence electrons. The number of rotatable bonds is 6. The minimum atomic E-state index is 0.121. The normalized spacial score (nSPS) is 20.5. The molecule has 1 saturated carbocycles. The molecule has 1 unspecified atom stereocenters. The van der Waals surface area contributed by atoms with E-state index < -0.39 is 0 Å². The highest BCUT2D eigenvalue weighted by Crippen LogP contribution is 2.21. The molecule has 0 heterocycles. The van der Waals surface area contributed by atoms with E-state index in [0.717, 1.165) is 6.54 Å². The predicted molar refractivity (Wildman–Crippen MR) is 48.1 cm³/mol. The third kappa shape index (κ3) is 3.09. The van der Waals surface area contributed by atoms with Crippen molar-refractivity contribution in [3.63, 3.8) is 0 Å². The summed E-state index contributed by atoms with van der Waals surface area (Å²) in [7, 11) is 0. The Bertz CT molecular complexity index is 115. The molecule has 0 aliphatic heterocycles. The van der Waals surface area contributed by atoms with Gasteiger partial charge in [0.2, 0.25) is 0 Å². The molecule has 0 amide bonds. The van der Waals surface area contributed by atoms with Gasteiger partial charge in [0.1, 0.15) is 0 Å². The lowest BCUT2D eigenvalue weighted by Crippen LogP contribution is -2.38. The van der Waals surface area contributed by atoms with Crippen molar-refractivity contribution in [2.45, 2.75) is 38.3 Å². The van der Waals surface area contributed by atoms with Crippen LogP contribution in [0, 0.1) is 0 Å². The summed E-state index contributed by atoms with van der Waals surface area (Å²) in [5.74, 6) is 0. The van der Waals surface area contributed by atoms with E-state index in [-0.39, 0.29) is 12.6 Å². The Balaban J connectivity index is 2.01. The van der Waals surface area contributed by atoms with Crippen molar-refractivity contribution in [2.75, 3.05) is 19.8 Å². The average Bonchev–Trinajstić information content (AvgIpc) is 2.00. The van der Waals surface area contributed by atoms with Crippen molar-refractivity contribution in [1.29, 1.82) is 0 Å². The van der Waals surface area contributed by atoms with Crippen LogP contribution in [0.5, 0.6) is 0 Å². The summed E-state index contributed by atoms with van der Waals surface area (Å²) >= 11 is 0. The molecule has 1 aliphatic rings. The summed E-state index contributed by atoms with van der Waals surface area (Å²) in [5, 5.41) is 12.1. The molecule has 0 aromatic rings. The molecular formula is C9H19NO2. The van der Waals surface area contributed by atoms with Crippen molar-refractivity contribution in [2.24, 2.45) is 0 Å². The number of ether oxygens (including phenoxy) is 1. The van der Waals surface area contributed by atoms with Gasteiger partial charge >= 0.3 is 0 Å². The SMILES string of the molecule is CCNC(CO)COC1CCC1. The van der Waals surface area contributed by atoms with E-state index in [0.29, 0.717) is 12.7 Å². The zero-order chi connectivity index (χ0) is 8.81. The minimum absolute atomic E-state index is 0.121. The molecule has 0 radical (unpaired) electrons. The lowest BCUT2D eigenvalue weighted by atomic mass is 9.96. The molecule has 12 heavy (non-hydrogen) atoms. The second kappa shape index (κ2) is 5.51. The molecule has 0 spiro atoms. The van der Waals surface area contributed by atoms with Crippen molar-refractivity contribution >= 4 is 0 Å². The molecule has 3 nitrogen and oxygen atoms in total. The third-order valence-electron chi connectivity index (χ3n) is 2.30. The van der Waals surface area contributed by atoms with Crippen LogP contribution in [0.3, 0.4) is 0 Å². The molecule has 0 saturated heterocycles. The van der Waals surface area contributed by atoms with Gasteiger partial charge in [-0.2, -0.15) is 0 Å². The molecule has 0 aromatic heterocycles. The lowest BCUT2D eigenvalue weighted by molar-refractivity contribution is -0.0149. The van der Waals surface area contributed by atoms with Crippen LogP contribution < -0.4 is 5.32 Å².